The topological polar surface area (TPSA) is 103 Å². The van der Waals surface area contributed by atoms with Gasteiger partial charge in [0, 0.05) is 12.2 Å². The number of rotatable bonds is 9. The Balaban J connectivity index is 1.93. The van der Waals surface area contributed by atoms with Gasteiger partial charge in [0.2, 0.25) is 0 Å². The molecule has 2 N–H and O–H groups in total. The van der Waals surface area contributed by atoms with Crippen molar-refractivity contribution >= 4 is 23.5 Å². The zero-order valence-electron chi connectivity index (χ0n) is 16.0. The molecule has 9 heteroatoms. The van der Waals surface area contributed by atoms with Crippen LogP contribution in [0.1, 0.15) is 17.3 Å². The summed E-state index contributed by atoms with van der Waals surface area (Å²) in [5, 5.41) is 5.07. The lowest BCUT2D eigenvalue weighted by Gasteiger charge is -2.12. The summed E-state index contributed by atoms with van der Waals surface area (Å²) in [4.78, 5) is 35.4. The third-order valence-electron chi connectivity index (χ3n) is 3.59. The molecular weight excluding hydrogens is 383 g/mol. The second-order valence-corrected chi connectivity index (χ2v) is 5.74. The normalized spacial score (nSPS) is 10.0. The minimum absolute atomic E-state index is 0.161. The van der Waals surface area contributed by atoms with Crippen LogP contribution in [0.15, 0.2) is 42.5 Å². The number of hydrogen-bond acceptors (Lipinski definition) is 6. The van der Waals surface area contributed by atoms with Crippen molar-refractivity contribution in [2.75, 3.05) is 32.2 Å². The molecule has 29 heavy (non-hydrogen) atoms. The lowest BCUT2D eigenvalue weighted by atomic mass is 10.2. The Labute approximate surface area is 166 Å². The van der Waals surface area contributed by atoms with Crippen molar-refractivity contribution < 1.29 is 33.0 Å². The predicted octanol–water partition coefficient (Wildman–Crippen LogP) is 2.14. The number of hydrogen-bond donors (Lipinski definition) is 2. The van der Waals surface area contributed by atoms with Gasteiger partial charge in [-0.15, -0.1) is 0 Å². The third kappa shape index (κ3) is 6.80. The maximum Gasteiger partial charge on any atom is 0.338 e. The molecule has 0 aliphatic heterocycles. The fraction of sp³-hybridized carbons (Fsp3) is 0.250. The number of amides is 2. The number of carbonyl (C=O) groups excluding carboxylic acids is 3. The van der Waals surface area contributed by atoms with Crippen LogP contribution in [-0.2, 0) is 14.3 Å². The number of anilines is 1. The number of esters is 1. The van der Waals surface area contributed by atoms with Gasteiger partial charge in [0.05, 0.1) is 12.7 Å². The Morgan fingerprint density at radius 2 is 1.69 bits per heavy atom. The van der Waals surface area contributed by atoms with E-state index in [-0.39, 0.29) is 23.7 Å². The summed E-state index contributed by atoms with van der Waals surface area (Å²) in [5.74, 6) is -1.51. The molecule has 0 radical (unpaired) electrons. The van der Waals surface area contributed by atoms with Crippen molar-refractivity contribution in [3.63, 3.8) is 0 Å². The average Bonchev–Trinajstić information content (AvgIpc) is 2.72. The highest BCUT2D eigenvalue weighted by Crippen LogP contribution is 2.28. The summed E-state index contributed by atoms with van der Waals surface area (Å²) < 4.78 is 28.4. The van der Waals surface area contributed by atoms with Gasteiger partial charge in [-0.1, -0.05) is 0 Å². The molecule has 0 fully saturated rings. The lowest BCUT2D eigenvalue weighted by Crippen LogP contribution is -2.28. The number of halogens is 1. The molecule has 0 bridgehead atoms. The highest BCUT2D eigenvalue weighted by atomic mass is 19.1. The Morgan fingerprint density at radius 3 is 2.34 bits per heavy atom. The van der Waals surface area contributed by atoms with E-state index in [2.05, 4.69) is 10.6 Å². The fourth-order valence-electron chi connectivity index (χ4n) is 2.25. The van der Waals surface area contributed by atoms with Gasteiger partial charge in [0.15, 0.2) is 24.7 Å². The summed E-state index contributed by atoms with van der Waals surface area (Å²) in [7, 11) is 1.38. The number of methoxy groups -OCH3 is 1. The maximum absolute atomic E-state index is 12.9. The molecule has 0 aliphatic rings. The van der Waals surface area contributed by atoms with Gasteiger partial charge in [-0.25, -0.2) is 9.18 Å². The van der Waals surface area contributed by atoms with Gasteiger partial charge in [0.1, 0.15) is 5.82 Å². The van der Waals surface area contributed by atoms with Crippen molar-refractivity contribution in [2.45, 2.75) is 6.92 Å². The van der Waals surface area contributed by atoms with Crippen molar-refractivity contribution in [3.05, 3.63) is 53.8 Å². The quantitative estimate of drug-likeness (QED) is 0.621. The summed E-state index contributed by atoms with van der Waals surface area (Å²) >= 11 is 0. The first-order valence-corrected chi connectivity index (χ1v) is 8.73. The van der Waals surface area contributed by atoms with E-state index in [1.807, 2.05) is 0 Å². The minimum atomic E-state index is -0.699. The first-order valence-electron chi connectivity index (χ1n) is 8.73. The molecule has 2 amide bonds. The molecule has 0 aromatic heterocycles. The minimum Gasteiger partial charge on any atom is -0.493 e. The standard InChI is InChI=1S/C20H21FN2O6/c1-3-22-18(24)11-29-20(26)13-4-9-16(17(10-13)27-2)28-12-19(25)23-15-7-5-14(21)6-8-15/h4-10H,3,11-12H2,1-2H3,(H,22,24)(H,23,25). The predicted molar refractivity (Wildman–Crippen MR) is 102 cm³/mol. The Bertz CT molecular complexity index is 870. The van der Waals surface area contributed by atoms with Crippen LogP contribution in [0.25, 0.3) is 0 Å². The second-order valence-electron chi connectivity index (χ2n) is 5.74. The Morgan fingerprint density at radius 1 is 0.966 bits per heavy atom. The number of likely N-dealkylation sites (N-methyl/N-ethyl adjacent to an activating group) is 1. The molecule has 0 aliphatic carbocycles. The van der Waals surface area contributed by atoms with E-state index >= 15 is 0 Å². The van der Waals surface area contributed by atoms with Crippen molar-refractivity contribution in [3.8, 4) is 11.5 Å². The van der Waals surface area contributed by atoms with Gasteiger partial charge < -0.3 is 24.8 Å². The zero-order chi connectivity index (χ0) is 21.2. The molecule has 2 aromatic rings. The molecule has 0 heterocycles. The zero-order valence-corrected chi connectivity index (χ0v) is 16.0. The molecule has 2 rings (SSSR count). The van der Waals surface area contributed by atoms with Crippen LogP contribution in [0.5, 0.6) is 11.5 Å². The molecule has 0 spiro atoms. The van der Waals surface area contributed by atoms with Crippen LogP contribution in [-0.4, -0.2) is 44.7 Å². The van der Waals surface area contributed by atoms with Crippen LogP contribution in [0.2, 0.25) is 0 Å². The van der Waals surface area contributed by atoms with Crippen molar-refractivity contribution in [1.29, 1.82) is 0 Å². The van der Waals surface area contributed by atoms with E-state index < -0.39 is 30.2 Å². The molecule has 0 saturated heterocycles. The van der Waals surface area contributed by atoms with E-state index in [0.717, 1.165) is 0 Å². The molecule has 2 aromatic carbocycles. The van der Waals surface area contributed by atoms with Crippen LogP contribution in [0.3, 0.4) is 0 Å². The van der Waals surface area contributed by atoms with Crippen LogP contribution < -0.4 is 20.1 Å². The van der Waals surface area contributed by atoms with Crippen LogP contribution >= 0.6 is 0 Å². The van der Waals surface area contributed by atoms with Gasteiger partial charge in [-0.3, -0.25) is 9.59 Å². The number of carbonyl (C=O) groups is 3. The molecule has 0 atom stereocenters. The molecular formula is C20H21FN2O6. The van der Waals surface area contributed by atoms with E-state index in [1.54, 1.807) is 6.92 Å². The van der Waals surface area contributed by atoms with Crippen molar-refractivity contribution in [2.24, 2.45) is 0 Å². The Kier molecular flexibility index (Phi) is 7.96. The second kappa shape index (κ2) is 10.6. The lowest BCUT2D eigenvalue weighted by molar-refractivity contribution is -0.124. The number of ether oxygens (including phenoxy) is 3. The third-order valence-corrected chi connectivity index (χ3v) is 3.59. The van der Waals surface area contributed by atoms with Crippen molar-refractivity contribution in [1.82, 2.24) is 5.32 Å². The fourth-order valence-corrected chi connectivity index (χ4v) is 2.25. The van der Waals surface area contributed by atoms with Crippen LogP contribution in [0.4, 0.5) is 10.1 Å². The summed E-state index contributed by atoms with van der Waals surface area (Å²) in [5.41, 5.74) is 0.589. The average molecular weight is 404 g/mol. The highest BCUT2D eigenvalue weighted by molar-refractivity contribution is 5.93. The Hall–Kier alpha value is -3.62. The molecule has 154 valence electrons. The van der Waals surface area contributed by atoms with Crippen LogP contribution in [0, 0.1) is 5.82 Å². The maximum atomic E-state index is 12.9. The van der Waals surface area contributed by atoms with E-state index in [4.69, 9.17) is 14.2 Å². The SMILES string of the molecule is CCNC(=O)COC(=O)c1ccc(OCC(=O)Nc2ccc(F)cc2)c(OC)c1. The molecule has 8 nitrogen and oxygen atoms in total. The largest absolute Gasteiger partial charge is 0.493 e. The van der Waals surface area contributed by atoms with Gasteiger partial charge >= 0.3 is 5.97 Å². The molecule has 0 unspecified atom stereocenters. The van der Waals surface area contributed by atoms with E-state index in [0.29, 0.717) is 12.2 Å². The number of benzene rings is 2. The van der Waals surface area contributed by atoms with E-state index in [9.17, 15) is 18.8 Å². The smallest absolute Gasteiger partial charge is 0.338 e. The monoisotopic (exact) mass is 404 g/mol. The number of nitrogens with one attached hydrogen (secondary N) is 2. The summed E-state index contributed by atoms with van der Waals surface area (Å²) in [6.07, 6.45) is 0. The highest BCUT2D eigenvalue weighted by Gasteiger charge is 2.15. The van der Waals surface area contributed by atoms with Gasteiger partial charge in [-0.05, 0) is 49.4 Å². The first-order chi connectivity index (χ1) is 13.9. The first kappa shape index (κ1) is 21.7. The summed E-state index contributed by atoms with van der Waals surface area (Å²) in [6.45, 7) is 1.47. The van der Waals surface area contributed by atoms with Gasteiger partial charge in [-0.2, -0.15) is 0 Å². The van der Waals surface area contributed by atoms with Gasteiger partial charge in [0.25, 0.3) is 11.8 Å². The molecule has 0 saturated carbocycles. The summed E-state index contributed by atoms with van der Waals surface area (Å²) in [6, 6.07) is 9.56. The van der Waals surface area contributed by atoms with E-state index in [1.165, 1.54) is 49.6 Å².